The number of nitrogens with one attached hydrogen (secondary N) is 1. The molecular weight excluding hydrogens is 226 g/mol. The topological polar surface area (TPSA) is 38.3 Å². The van der Waals surface area contributed by atoms with Crippen LogP contribution in [0.2, 0.25) is 0 Å². The van der Waals surface area contributed by atoms with Crippen molar-refractivity contribution in [3.63, 3.8) is 0 Å². The standard InChI is InChI=1S/C15H29NO2/c1-5-16-15(11-14(17)18-6-2)9-7-8-13(10-15)12(3)4/h12-13,16H,5-11H2,1-4H3. The molecule has 0 bridgehead atoms. The maximum absolute atomic E-state index is 11.8. The lowest BCUT2D eigenvalue weighted by Gasteiger charge is -2.42. The SMILES string of the molecule is CCNC1(CC(=O)OCC)CCCC(C(C)C)C1. The Kier molecular flexibility index (Phi) is 6.13. The van der Waals surface area contributed by atoms with Crippen LogP contribution in [0.3, 0.4) is 0 Å². The second-order valence-corrected chi connectivity index (χ2v) is 5.89. The highest BCUT2D eigenvalue weighted by Crippen LogP contribution is 2.38. The summed E-state index contributed by atoms with van der Waals surface area (Å²) in [5.74, 6) is 1.38. The zero-order chi connectivity index (χ0) is 13.6. The fourth-order valence-corrected chi connectivity index (χ4v) is 3.22. The zero-order valence-corrected chi connectivity index (χ0v) is 12.4. The number of carbonyl (C=O) groups is 1. The van der Waals surface area contributed by atoms with Gasteiger partial charge in [-0.3, -0.25) is 4.79 Å². The molecular formula is C15H29NO2. The molecule has 0 aromatic rings. The highest BCUT2D eigenvalue weighted by Gasteiger charge is 2.38. The third-order valence-electron chi connectivity index (χ3n) is 4.17. The molecule has 1 aliphatic carbocycles. The lowest BCUT2D eigenvalue weighted by atomic mass is 9.70. The van der Waals surface area contributed by atoms with Gasteiger partial charge in [0.1, 0.15) is 0 Å². The van der Waals surface area contributed by atoms with Gasteiger partial charge in [-0.2, -0.15) is 0 Å². The molecule has 1 N–H and O–H groups in total. The van der Waals surface area contributed by atoms with E-state index in [0.29, 0.717) is 18.9 Å². The van der Waals surface area contributed by atoms with E-state index in [9.17, 15) is 4.79 Å². The quantitative estimate of drug-likeness (QED) is 0.741. The molecule has 0 spiro atoms. The van der Waals surface area contributed by atoms with Crippen molar-refractivity contribution >= 4 is 5.97 Å². The van der Waals surface area contributed by atoms with Gasteiger partial charge in [0.15, 0.2) is 0 Å². The fourth-order valence-electron chi connectivity index (χ4n) is 3.22. The van der Waals surface area contributed by atoms with E-state index in [-0.39, 0.29) is 11.5 Å². The summed E-state index contributed by atoms with van der Waals surface area (Å²) in [6, 6.07) is 0. The number of carbonyl (C=O) groups excluding carboxylic acids is 1. The minimum absolute atomic E-state index is 0.0197. The Morgan fingerprint density at radius 2 is 2.17 bits per heavy atom. The van der Waals surface area contributed by atoms with E-state index in [2.05, 4.69) is 26.1 Å². The first-order chi connectivity index (χ1) is 8.53. The molecule has 2 unspecified atom stereocenters. The van der Waals surface area contributed by atoms with Gasteiger partial charge in [0.2, 0.25) is 0 Å². The first-order valence-corrected chi connectivity index (χ1v) is 7.43. The third kappa shape index (κ3) is 4.27. The average molecular weight is 255 g/mol. The van der Waals surface area contributed by atoms with Gasteiger partial charge in [-0.15, -0.1) is 0 Å². The predicted octanol–water partition coefficient (Wildman–Crippen LogP) is 3.13. The molecule has 0 heterocycles. The van der Waals surface area contributed by atoms with Crippen LogP contribution in [0.25, 0.3) is 0 Å². The van der Waals surface area contributed by atoms with E-state index in [0.717, 1.165) is 25.3 Å². The molecule has 1 saturated carbocycles. The summed E-state index contributed by atoms with van der Waals surface area (Å²) in [7, 11) is 0. The van der Waals surface area contributed by atoms with Crippen molar-refractivity contribution in [2.75, 3.05) is 13.2 Å². The van der Waals surface area contributed by atoms with Crippen LogP contribution < -0.4 is 5.32 Å². The maximum Gasteiger partial charge on any atom is 0.307 e. The Labute approximate surface area is 112 Å². The van der Waals surface area contributed by atoms with Gasteiger partial charge < -0.3 is 10.1 Å². The highest BCUT2D eigenvalue weighted by molar-refractivity contribution is 5.71. The smallest absolute Gasteiger partial charge is 0.307 e. The Hall–Kier alpha value is -0.570. The Bertz CT molecular complexity index is 261. The van der Waals surface area contributed by atoms with Gasteiger partial charge in [-0.05, 0) is 38.1 Å². The molecule has 3 heteroatoms. The van der Waals surface area contributed by atoms with Gasteiger partial charge in [0, 0.05) is 5.54 Å². The fraction of sp³-hybridized carbons (Fsp3) is 0.933. The molecule has 0 amide bonds. The monoisotopic (exact) mass is 255 g/mol. The maximum atomic E-state index is 11.8. The Morgan fingerprint density at radius 1 is 1.44 bits per heavy atom. The molecule has 18 heavy (non-hydrogen) atoms. The minimum atomic E-state index is -0.0529. The van der Waals surface area contributed by atoms with Crippen LogP contribution in [-0.4, -0.2) is 24.7 Å². The van der Waals surface area contributed by atoms with Crippen LogP contribution in [0, 0.1) is 11.8 Å². The van der Waals surface area contributed by atoms with Gasteiger partial charge in [-0.25, -0.2) is 0 Å². The summed E-state index contributed by atoms with van der Waals surface area (Å²) >= 11 is 0. The third-order valence-corrected chi connectivity index (χ3v) is 4.17. The van der Waals surface area contributed by atoms with E-state index in [4.69, 9.17) is 4.74 Å². The first kappa shape index (κ1) is 15.5. The molecule has 1 rings (SSSR count). The molecule has 0 radical (unpaired) electrons. The summed E-state index contributed by atoms with van der Waals surface area (Å²) in [6.45, 7) is 9.97. The second kappa shape index (κ2) is 7.13. The van der Waals surface area contributed by atoms with E-state index in [1.54, 1.807) is 0 Å². The molecule has 1 fully saturated rings. The van der Waals surface area contributed by atoms with Crippen LogP contribution in [0.1, 0.15) is 59.8 Å². The Balaban J connectivity index is 2.69. The molecule has 106 valence electrons. The summed E-state index contributed by atoms with van der Waals surface area (Å²) in [5.41, 5.74) is -0.0197. The molecule has 0 aliphatic heterocycles. The minimum Gasteiger partial charge on any atom is -0.466 e. The van der Waals surface area contributed by atoms with Gasteiger partial charge >= 0.3 is 5.97 Å². The summed E-state index contributed by atoms with van der Waals surface area (Å²) in [6.07, 6.45) is 5.25. The molecule has 0 saturated heterocycles. The van der Waals surface area contributed by atoms with E-state index < -0.39 is 0 Å². The van der Waals surface area contributed by atoms with Gasteiger partial charge in [-0.1, -0.05) is 33.6 Å². The summed E-state index contributed by atoms with van der Waals surface area (Å²) in [5, 5.41) is 3.57. The molecule has 0 aromatic heterocycles. The lowest BCUT2D eigenvalue weighted by molar-refractivity contribution is -0.145. The van der Waals surface area contributed by atoms with Crippen LogP contribution in [-0.2, 0) is 9.53 Å². The van der Waals surface area contributed by atoms with Crippen LogP contribution in [0.15, 0.2) is 0 Å². The second-order valence-electron chi connectivity index (χ2n) is 5.89. The van der Waals surface area contributed by atoms with E-state index in [1.165, 1.54) is 12.8 Å². The number of esters is 1. The van der Waals surface area contributed by atoms with Crippen LogP contribution in [0.4, 0.5) is 0 Å². The van der Waals surface area contributed by atoms with Crippen LogP contribution >= 0.6 is 0 Å². The predicted molar refractivity (Wildman–Crippen MR) is 74.5 cm³/mol. The number of ether oxygens (including phenoxy) is 1. The first-order valence-electron chi connectivity index (χ1n) is 7.43. The number of hydrogen-bond donors (Lipinski definition) is 1. The molecule has 1 aliphatic rings. The van der Waals surface area contributed by atoms with Crippen molar-refractivity contribution in [3.8, 4) is 0 Å². The zero-order valence-electron chi connectivity index (χ0n) is 12.4. The molecule has 0 aromatic carbocycles. The van der Waals surface area contributed by atoms with Crippen molar-refractivity contribution in [2.24, 2.45) is 11.8 Å². The summed E-state index contributed by atoms with van der Waals surface area (Å²) < 4.78 is 5.13. The lowest BCUT2D eigenvalue weighted by Crippen LogP contribution is -2.51. The van der Waals surface area contributed by atoms with Crippen molar-refractivity contribution in [1.82, 2.24) is 5.32 Å². The van der Waals surface area contributed by atoms with E-state index >= 15 is 0 Å². The largest absolute Gasteiger partial charge is 0.466 e. The van der Waals surface area contributed by atoms with E-state index in [1.807, 2.05) is 6.92 Å². The van der Waals surface area contributed by atoms with Crippen molar-refractivity contribution in [3.05, 3.63) is 0 Å². The number of hydrogen-bond acceptors (Lipinski definition) is 3. The molecule has 3 nitrogen and oxygen atoms in total. The Morgan fingerprint density at radius 3 is 2.72 bits per heavy atom. The number of rotatable bonds is 6. The van der Waals surface area contributed by atoms with Crippen LogP contribution in [0.5, 0.6) is 0 Å². The van der Waals surface area contributed by atoms with Crippen molar-refractivity contribution in [1.29, 1.82) is 0 Å². The average Bonchev–Trinajstić information content (AvgIpc) is 2.29. The van der Waals surface area contributed by atoms with Crippen molar-refractivity contribution < 1.29 is 9.53 Å². The molecule has 2 atom stereocenters. The van der Waals surface area contributed by atoms with Gasteiger partial charge in [0.05, 0.1) is 13.0 Å². The van der Waals surface area contributed by atoms with Crippen molar-refractivity contribution in [2.45, 2.75) is 65.3 Å². The highest BCUT2D eigenvalue weighted by atomic mass is 16.5. The van der Waals surface area contributed by atoms with Gasteiger partial charge in [0.25, 0.3) is 0 Å². The normalized spacial score (nSPS) is 28.4. The summed E-state index contributed by atoms with van der Waals surface area (Å²) in [4.78, 5) is 11.8.